The summed E-state index contributed by atoms with van der Waals surface area (Å²) in [5, 5.41) is 8.20. The molecule has 0 fully saturated rings. The van der Waals surface area contributed by atoms with Gasteiger partial charge in [0.2, 0.25) is 11.8 Å². The Morgan fingerprint density at radius 2 is 1.43 bits per heavy atom. The van der Waals surface area contributed by atoms with Crippen LogP contribution in [0, 0.1) is 0 Å². The van der Waals surface area contributed by atoms with Gasteiger partial charge in [0, 0.05) is 22.7 Å². The number of halogens is 1. The van der Waals surface area contributed by atoms with Crippen molar-refractivity contribution in [1.82, 2.24) is 10.2 Å². The number of benzene rings is 2. The van der Waals surface area contributed by atoms with Crippen molar-refractivity contribution in [1.29, 1.82) is 0 Å². The molecule has 0 unspecified atom stereocenters. The molecule has 0 N–H and O–H groups in total. The highest BCUT2D eigenvalue weighted by molar-refractivity contribution is 9.10. The summed E-state index contributed by atoms with van der Waals surface area (Å²) in [6.07, 6.45) is 0. The largest absolute Gasteiger partial charge is 0.416 e. The molecule has 0 aliphatic carbocycles. The SMILES string of the molecule is COCc1ccc(-c2nnc(-c3ccc(Br)cc3)o2)cc1. The van der Waals surface area contributed by atoms with Gasteiger partial charge < -0.3 is 9.15 Å². The maximum Gasteiger partial charge on any atom is 0.248 e. The van der Waals surface area contributed by atoms with Crippen molar-refractivity contribution in [3.8, 4) is 22.9 Å². The molecule has 1 heterocycles. The summed E-state index contributed by atoms with van der Waals surface area (Å²) in [6.45, 7) is 0.592. The highest BCUT2D eigenvalue weighted by Crippen LogP contribution is 2.25. The zero-order valence-electron chi connectivity index (χ0n) is 11.4. The Balaban J connectivity index is 1.85. The van der Waals surface area contributed by atoms with Crippen LogP contribution in [0.4, 0.5) is 0 Å². The highest BCUT2D eigenvalue weighted by atomic mass is 79.9. The molecule has 3 rings (SSSR count). The van der Waals surface area contributed by atoms with Crippen molar-refractivity contribution in [3.63, 3.8) is 0 Å². The standard InChI is InChI=1S/C16H13BrN2O2/c1-20-10-11-2-4-12(5-3-11)15-18-19-16(21-15)13-6-8-14(17)9-7-13/h2-9H,10H2,1H3. The molecule has 21 heavy (non-hydrogen) atoms. The zero-order chi connectivity index (χ0) is 14.7. The monoisotopic (exact) mass is 344 g/mol. The topological polar surface area (TPSA) is 48.2 Å². The Bertz CT molecular complexity index is 721. The van der Waals surface area contributed by atoms with Crippen molar-refractivity contribution in [3.05, 3.63) is 58.6 Å². The lowest BCUT2D eigenvalue weighted by atomic mass is 10.1. The predicted molar refractivity (Wildman–Crippen MR) is 83.6 cm³/mol. The van der Waals surface area contributed by atoms with Gasteiger partial charge in [-0.2, -0.15) is 0 Å². The van der Waals surface area contributed by atoms with Crippen LogP contribution < -0.4 is 0 Å². The molecule has 0 spiro atoms. The van der Waals surface area contributed by atoms with Gasteiger partial charge in [0.25, 0.3) is 0 Å². The first-order valence-electron chi connectivity index (χ1n) is 6.44. The van der Waals surface area contributed by atoms with E-state index in [9.17, 15) is 0 Å². The molecule has 0 aliphatic heterocycles. The van der Waals surface area contributed by atoms with Gasteiger partial charge >= 0.3 is 0 Å². The molecule has 4 nitrogen and oxygen atoms in total. The highest BCUT2D eigenvalue weighted by Gasteiger charge is 2.10. The maximum absolute atomic E-state index is 5.73. The first kappa shape index (κ1) is 14.0. The van der Waals surface area contributed by atoms with Crippen molar-refractivity contribution < 1.29 is 9.15 Å². The smallest absolute Gasteiger partial charge is 0.248 e. The minimum atomic E-state index is 0.511. The minimum absolute atomic E-state index is 0.511. The van der Waals surface area contributed by atoms with Crippen molar-refractivity contribution in [2.75, 3.05) is 7.11 Å². The summed E-state index contributed by atoms with van der Waals surface area (Å²) in [7, 11) is 1.68. The van der Waals surface area contributed by atoms with Crippen molar-refractivity contribution >= 4 is 15.9 Å². The molecule has 0 bridgehead atoms. The Morgan fingerprint density at radius 3 is 1.95 bits per heavy atom. The first-order valence-corrected chi connectivity index (χ1v) is 7.23. The number of aromatic nitrogens is 2. The molecule has 0 saturated heterocycles. The van der Waals surface area contributed by atoms with E-state index >= 15 is 0 Å². The van der Waals surface area contributed by atoms with Gasteiger partial charge in [-0.25, -0.2) is 0 Å². The number of ether oxygens (including phenoxy) is 1. The van der Waals surface area contributed by atoms with Crippen LogP contribution in [0.3, 0.4) is 0 Å². The van der Waals surface area contributed by atoms with E-state index in [2.05, 4.69) is 26.1 Å². The van der Waals surface area contributed by atoms with Crippen LogP contribution in [0.5, 0.6) is 0 Å². The fourth-order valence-electron chi connectivity index (χ4n) is 1.96. The Kier molecular flexibility index (Phi) is 4.13. The van der Waals surface area contributed by atoms with Crippen LogP contribution in [0.25, 0.3) is 22.9 Å². The van der Waals surface area contributed by atoms with E-state index in [4.69, 9.17) is 9.15 Å². The van der Waals surface area contributed by atoms with Gasteiger partial charge in [0.1, 0.15) is 0 Å². The second-order valence-corrected chi connectivity index (χ2v) is 5.46. The third-order valence-electron chi connectivity index (χ3n) is 3.03. The number of nitrogens with zero attached hydrogens (tertiary/aromatic N) is 2. The van der Waals surface area contributed by atoms with E-state index in [1.54, 1.807) is 7.11 Å². The van der Waals surface area contributed by atoms with Crippen LogP contribution >= 0.6 is 15.9 Å². The maximum atomic E-state index is 5.73. The summed E-state index contributed by atoms with van der Waals surface area (Å²) in [6, 6.07) is 15.6. The lowest BCUT2D eigenvalue weighted by molar-refractivity contribution is 0.185. The van der Waals surface area contributed by atoms with E-state index in [0.29, 0.717) is 18.4 Å². The quantitative estimate of drug-likeness (QED) is 0.707. The summed E-state index contributed by atoms with van der Waals surface area (Å²) in [5.74, 6) is 1.02. The average Bonchev–Trinajstić information content (AvgIpc) is 2.99. The van der Waals surface area contributed by atoms with E-state index < -0.39 is 0 Å². The van der Waals surface area contributed by atoms with Gasteiger partial charge in [-0.05, 0) is 42.0 Å². The second-order valence-electron chi connectivity index (χ2n) is 4.55. The lowest BCUT2D eigenvalue weighted by Gasteiger charge is -2.00. The van der Waals surface area contributed by atoms with Gasteiger partial charge in [0.05, 0.1) is 6.61 Å². The fourth-order valence-corrected chi connectivity index (χ4v) is 2.22. The van der Waals surface area contributed by atoms with Crippen LogP contribution in [0.2, 0.25) is 0 Å². The van der Waals surface area contributed by atoms with E-state index in [1.807, 2.05) is 48.5 Å². The lowest BCUT2D eigenvalue weighted by Crippen LogP contribution is -1.86. The molecule has 1 aromatic heterocycles. The van der Waals surface area contributed by atoms with Crippen LogP contribution in [0.15, 0.2) is 57.4 Å². The predicted octanol–water partition coefficient (Wildman–Crippen LogP) is 4.31. The second kappa shape index (κ2) is 6.20. The molecule has 0 atom stereocenters. The fraction of sp³-hybridized carbons (Fsp3) is 0.125. The zero-order valence-corrected chi connectivity index (χ0v) is 13.0. The molecule has 106 valence electrons. The number of rotatable bonds is 4. The Morgan fingerprint density at radius 1 is 0.905 bits per heavy atom. The summed E-state index contributed by atoms with van der Waals surface area (Å²) < 4.78 is 11.8. The molecule has 0 saturated carbocycles. The van der Waals surface area contributed by atoms with Gasteiger partial charge in [-0.3, -0.25) is 0 Å². The van der Waals surface area contributed by atoms with E-state index in [-0.39, 0.29) is 0 Å². The summed E-state index contributed by atoms with van der Waals surface area (Å²) in [4.78, 5) is 0. The molecule has 0 radical (unpaired) electrons. The molecular formula is C16H13BrN2O2. The average molecular weight is 345 g/mol. The van der Waals surface area contributed by atoms with Crippen LogP contribution in [-0.4, -0.2) is 17.3 Å². The summed E-state index contributed by atoms with van der Waals surface area (Å²) in [5.41, 5.74) is 2.90. The normalized spacial score (nSPS) is 10.8. The van der Waals surface area contributed by atoms with Gasteiger partial charge in [-0.15, -0.1) is 10.2 Å². The molecule has 3 aromatic rings. The van der Waals surface area contributed by atoms with Crippen molar-refractivity contribution in [2.45, 2.75) is 6.61 Å². The molecule has 0 amide bonds. The minimum Gasteiger partial charge on any atom is -0.416 e. The Hall–Kier alpha value is -1.98. The number of methoxy groups -OCH3 is 1. The molecular weight excluding hydrogens is 332 g/mol. The number of hydrogen-bond acceptors (Lipinski definition) is 4. The molecule has 5 heteroatoms. The number of hydrogen-bond donors (Lipinski definition) is 0. The van der Waals surface area contributed by atoms with E-state index in [1.165, 1.54) is 0 Å². The van der Waals surface area contributed by atoms with Gasteiger partial charge in [-0.1, -0.05) is 28.1 Å². The van der Waals surface area contributed by atoms with Crippen molar-refractivity contribution in [2.24, 2.45) is 0 Å². The third kappa shape index (κ3) is 3.20. The van der Waals surface area contributed by atoms with Crippen LogP contribution in [0.1, 0.15) is 5.56 Å². The van der Waals surface area contributed by atoms with Gasteiger partial charge in [0.15, 0.2) is 0 Å². The Labute approximate surface area is 130 Å². The first-order chi connectivity index (χ1) is 10.3. The van der Waals surface area contributed by atoms with E-state index in [0.717, 1.165) is 21.2 Å². The van der Waals surface area contributed by atoms with Crippen LogP contribution in [-0.2, 0) is 11.3 Å². The molecule has 0 aliphatic rings. The summed E-state index contributed by atoms with van der Waals surface area (Å²) >= 11 is 3.40. The molecule has 2 aromatic carbocycles. The third-order valence-corrected chi connectivity index (χ3v) is 3.56.